The van der Waals surface area contributed by atoms with Crippen LogP contribution in [0, 0.1) is 0 Å². The number of carboxylic acid groups (broad SMARTS) is 1. The summed E-state index contributed by atoms with van der Waals surface area (Å²) >= 11 is 0. The van der Waals surface area contributed by atoms with E-state index in [0.717, 1.165) is 12.2 Å². The van der Waals surface area contributed by atoms with E-state index >= 15 is 0 Å². The Morgan fingerprint density at radius 1 is 0.688 bits per heavy atom. The molecule has 0 atom stereocenters. The van der Waals surface area contributed by atoms with Crippen molar-refractivity contribution in [2.45, 2.75) is 58.3 Å². The quantitative estimate of drug-likeness (QED) is 0.244. The second-order valence-corrected chi connectivity index (χ2v) is 7.60. The molecule has 0 heterocycles. The summed E-state index contributed by atoms with van der Waals surface area (Å²) in [6.07, 6.45) is 9.09. The lowest BCUT2D eigenvalue weighted by atomic mass is 10.0. The van der Waals surface area contributed by atoms with Gasteiger partial charge in [0.05, 0.1) is 59.3 Å². The molecule has 0 aliphatic carbocycles. The first-order valence-electron chi connectivity index (χ1n) is 12.0. The average Bonchev–Trinajstić information content (AvgIpc) is 2.79. The van der Waals surface area contributed by atoms with Crippen molar-refractivity contribution >= 4 is 5.97 Å². The molecule has 7 heteroatoms. The fourth-order valence-electron chi connectivity index (χ4n) is 3.00. The maximum atomic E-state index is 10.3. The monoisotopic (exact) mass is 454 g/mol. The van der Waals surface area contributed by atoms with Crippen LogP contribution < -0.4 is 4.74 Å². The standard InChI is InChI=1S/C25H42O7/c1-2-3-4-5-6-7-8-23-9-11-24(12-10-23)32-22-21-31-20-19-30-18-17-29-16-15-28-14-13-25(26)27/h9-12H,2-8,13-22H2,1H3,(H,26,27). The van der Waals surface area contributed by atoms with Crippen LogP contribution in [0.15, 0.2) is 24.3 Å². The number of ether oxygens (including phenoxy) is 5. The minimum Gasteiger partial charge on any atom is -0.491 e. The molecule has 1 N–H and O–H groups in total. The van der Waals surface area contributed by atoms with Crippen LogP contribution >= 0.6 is 0 Å². The number of aliphatic carboxylic acids is 1. The van der Waals surface area contributed by atoms with E-state index in [4.69, 9.17) is 28.8 Å². The summed E-state index contributed by atoms with van der Waals surface area (Å²) in [6.45, 7) is 6.29. The molecule has 1 rings (SSSR count). The van der Waals surface area contributed by atoms with Gasteiger partial charge in [0.15, 0.2) is 0 Å². The average molecular weight is 455 g/mol. The van der Waals surface area contributed by atoms with Crippen LogP contribution in [-0.2, 0) is 30.2 Å². The van der Waals surface area contributed by atoms with E-state index in [2.05, 4.69) is 19.1 Å². The minimum absolute atomic E-state index is 0.0136. The predicted molar refractivity (Wildman–Crippen MR) is 125 cm³/mol. The SMILES string of the molecule is CCCCCCCCc1ccc(OCCOCCOCCOCCOCCC(=O)O)cc1. The summed E-state index contributed by atoms with van der Waals surface area (Å²) in [4.78, 5) is 10.3. The first-order valence-corrected chi connectivity index (χ1v) is 12.0. The first kappa shape index (κ1) is 28.4. The number of carbonyl (C=O) groups is 1. The van der Waals surface area contributed by atoms with E-state index in [-0.39, 0.29) is 13.0 Å². The smallest absolute Gasteiger partial charge is 0.305 e. The van der Waals surface area contributed by atoms with Gasteiger partial charge in [0.2, 0.25) is 0 Å². The third-order valence-corrected chi connectivity index (χ3v) is 4.82. The summed E-state index contributed by atoms with van der Waals surface area (Å²) in [5, 5.41) is 8.47. The minimum atomic E-state index is -0.860. The Labute approximate surface area is 193 Å². The van der Waals surface area contributed by atoms with Crippen molar-refractivity contribution in [3.8, 4) is 5.75 Å². The van der Waals surface area contributed by atoms with Gasteiger partial charge in [-0.2, -0.15) is 0 Å². The molecule has 0 saturated heterocycles. The lowest BCUT2D eigenvalue weighted by Gasteiger charge is -2.09. The summed E-state index contributed by atoms with van der Waals surface area (Å²) in [5.74, 6) is 0.0153. The van der Waals surface area contributed by atoms with E-state index in [1.165, 1.54) is 44.1 Å². The van der Waals surface area contributed by atoms with E-state index in [0.29, 0.717) is 52.9 Å². The Kier molecular flexibility index (Phi) is 18.8. The molecule has 0 bridgehead atoms. The van der Waals surface area contributed by atoms with Crippen LogP contribution in [0.2, 0.25) is 0 Å². The van der Waals surface area contributed by atoms with Gasteiger partial charge in [-0.1, -0.05) is 51.2 Å². The first-order chi connectivity index (χ1) is 15.7. The topological polar surface area (TPSA) is 83.5 Å². The second-order valence-electron chi connectivity index (χ2n) is 7.60. The zero-order valence-electron chi connectivity index (χ0n) is 19.7. The number of hydrogen-bond acceptors (Lipinski definition) is 6. The predicted octanol–water partition coefficient (Wildman–Crippen LogP) is 4.51. The molecule has 0 amide bonds. The number of benzene rings is 1. The molecule has 0 aliphatic heterocycles. The summed E-state index contributed by atoms with van der Waals surface area (Å²) in [5.41, 5.74) is 1.37. The van der Waals surface area contributed by atoms with Gasteiger partial charge in [0.1, 0.15) is 12.4 Å². The molecule has 1 aromatic rings. The lowest BCUT2D eigenvalue weighted by Crippen LogP contribution is -2.14. The normalized spacial score (nSPS) is 11.0. The molecule has 0 aliphatic rings. The van der Waals surface area contributed by atoms with Crippen LogP contribution in [0.5, 0.6) is 5.75 Å². The summed E-state index contributed by atoms with van der Waals surface area (Å²) in [7, 11) is 0. The Hall–Kier alpha value is -1.67. The van der Waals surface area contributed by atoms with Gasteiger partial charge in [-0.15, -0.1) is 0 Å². The highest BCUT2D eigenvalue weighted by Gasteiger charge is 1.99. The molecule has 0 unspecified atom stereocenters. The van der Waals surface area contributed by atoms with Crippen molar-refractivity contribution in [1.29, 1.82) is 0 Å². The molecule has 0 saturated carbocycles. The highest BCUT2D eigenvalue weighted by atomic mass is 16.6. The van der Waals surface area contributed by atoms with Crippen molar-refractivity contribution in [3.63, 3.8) is 0 Å². The summed E-state index contributed by atoms with van der Waals surface area (Å²) < 4.78 is 27.1. The zero-order valence-corrected chi connectivity index (χ0v) is 19.7. The molecular formula is C25H42O7. The van der Waals surface area contributed by atoms with Crippen molar-refractivity contribution in [2.24, 2.45) is 0 Å². The summed E-state index contributed by atoms with van der Waals surface area (Å²) in [6, 6.07) is 8.38. The zero-order chi connectivity index (χ0) is 23.1. The lowest BCUT2D eigenvalue weighted by molar-refractivity contribution is -0.138. The maximum absolute atomic E-state index is 10.3. The van der Waals surface area contributed by atoms with Crippen LogP contribution in [0.1, 0.15) is 57.4 Å². The molecule has 184 valence electrons. The van der Waals surface area contributed by atoms with Gasteiger partial charge >= 0.3 is 5.97 Å². The van der Waals surface area contributed by atoms with Crippen molar-refractivity contribution in [1.82, 2.24) is 0 Å². The Morgan fingerprint density at radius 2 is 1.19 bits per heavy atom. The highest BCUT2D eigenvalue weighted by Crippen LogP contribution is 2.15. The largest absolute Gasteiger partial charge is 0.491 e. The Balaban J connectivity index is 1.85. The fourth-order valence-corrected chi connectivity index (χ4v) is 3.00. The van der Waals surface area contributed by atoms with Gasteiger partial charge in [-0.05, 0) is 30.5 Å². The van der Waals surface area contributed by atoms with Crippen molar-refractivity contribution < 1.29 is 33.6 Å². The maximum Gasteiger partial charge on any atom is 0.305 e. The number of carboxylic acids is 1. The number of aryl methyl sites for hydroxylation is 1. The van der Waals surface area contributed by atoms with Gasteiger partial charge in [0, 0.05) is 0 Å². The van der Waals surface area contributed by atoms with Crippen LogP contribution in [0.25, 0.3) is 0 Å². The molecule has 1 aromatic carbocycles. The molecule has 0 fully saturated rings. The van der Waals surface area contributed by atoms with Crippen LogP contribution in [0.4, 0.5) is 0 Å². The Bertz CT molecular complexity index is 548. The van der Waals surface area contributed by atoms with Crippen molar-refractivity contribution in [2.75, 3.05) is 59.5 Å². The van der Waals surface area contributed by atoms with E-state index < -0.39 is 5.97 Å². The van der Waals surface area contributed by atoms with E-state index in [9.17, 15) is 4.79 Å². The van der Waals surface area contributed by atoms with Crippen molar-refractivity contribution in [3.05, 3.63) is 29.8 Å². The van der Waals surface area contributed by atoms with Crippen LogP contribution in [-0.4, -0.2) is 70.5 Å². The van der Waals surface area contributed by atoms with E-state index in [1.807, 2.05) is 12.1 Å². The van der Waals surface area contributed by atoms with Gasteiger partial charge in [-0.3, -0.25) is 4.79 Å². The molecule has 32 heavy (non-hydrogen) atoms. The van der Waals surface area contributed by atoms with Gasteiger partial charge in [-0.25, -0.2) is 0 Å². The highest BCUT2D eigenvalue weighted by molar-refractivity contribution is 5.66. The fraction of sp³-hybridized carbons (Fsp3) is 0.720. The van der Waals surface area contributed by atoms with Gasteiger partial charge in [0.25, 0.3) is 0 Å². The third-order valence-electron chi connectivity index (χ3n) is 4.82. The van der Waals surface area contributed by atoms with Crippen LogP contribution in [0.3, 0.4) is 0 Å². The Morgan fingerprint density at radius 3 is 1.75 bits per heavy atom. The number of unbranched alkanes of at least 4 members (excludes halogenated alkanes) is 5. The molecule has 0 radical (unpaired) electrons. The molecule has 7 nitrogen and oxygen atoms in total. The number of rotatable bonds is 23. The molecule has 0 aromatic heterocycles. The van der Waals surface area contributed by atoms with Gasteiger partial charge < -0.3 is 28.8 Å². The number of hydrogen-bond donors (Lipinski definition) is 1. The second kappa shape index (κ2) is 21.2. The molecular weight excluding hydrogens is 412 g/mol. The molecule has 0 spiro atoms. The third kappa shape index (κ3) is 18.0. The van der Waals surface area contributed by atoms with E-state index in [1.54, 1.807) is 0 Å².